The number of carboxylic acid groups (broad SMARTS) is 1. The second-order valence-corrected chi connectivity index (χ2v) is 6.37. The molecule has 2 aromatic carbocycles. The number of aryl methyl sites for hydroxylation is 1. The smallest absolute Gasteiger partial charge is 0.333 e. The lowest BCUT2D eigenvalue weighted by molar-refractivity contribution is -0.142. The van der Waals surface area contributed by atoms with Gasteiger partial charge in [-0.25, -0.2) is 4.79 Å². The van der Waals surface area contributed by atoms with Gasteiger partial charge in [0.15, 0.2) is 5.54 Å². The van der Waals surface area contributed by atoms with Gasteiger partial charge in [0.05, 0.1) is 0 Å². The Bertz CT molecular complexity index is 672. The Kier molecular flexibility index (Phi) is 4.59. The lowest BCUT2D eigenvalue weighted by Crippen LogP contribution is -2.40. The van der Waals surface area contributed by atoms with Crippen molar-refractivity contribution in [1.29, 1.82) is 0 Å². The average molecular weight is 369 g/mol. The van der Waals surface area contributed by atoms with Crippen molar-refractivity contribution >= 4 is 39.2 Å². The van der Waals surface area contributed by atoms with Crippen molar-refractivity contribution in [3.8, 4) is 0 Å². The molecule has 2 aromatic rings. The summed E-state index contributed by atoms with van der Waals surface area (Å²) in [5, 5.41) is 13.1. The Morgan fingerprint density at radius 1 is 1.24 bits per heavy atom. The molecule has 0 saturated heterocycles. The predicted octanol–water partition coefficient (Wildman–Crippen LogP) is 4.82. The minimum Gasteiger partial charge on any atom is -0.479 e. The highest BCUT2D eigenvalue weighted by atomic mass is 79.9. The van der Waals surface area contributed by atoms with Crippen molar-refractivity contribution in [3.63, 3.8) is 0 Å². The van der Waals surface area contributed by atoms with Crippen LogP contribution in [0.25, 0.3) is 0 Å². The molecule has 0 amide bonds. The summed E-state index contributed by atoms with van der Waals surface area (Å²) < 4.78 is 0.805. The number of rotatable bonds is 4. The van der Waals surface area contributed by atoms with E-state index in [1.165, 1.54) is 0 Å². The first kappa shape index (κ1) is 15.9. The number of aliphatic carboxylic acids is 1. The molecule has 2 rings (SSSR count). The van der Waals surface area contributed by atoms with Gasteiger partial charge in [0.25, 0.3) is 0 Å². The monoisotopic (exact) mass is 367 g/mol. The number of carbonyl (C=O) groups is 1. The van der Waals surface area contributed by atoms with Crippen LogP contribution in [0.5, 0.6) is 0 Å². The van der Waals surface area contributed by atoms with Gasteiger partial charge in [-0.3, -0.25) is 0 Å². The highest BCUT2D eigenvalue weighted by Gasteiger charge is 2.37. The van der Waals surface area contributed by atoms with Gasteiger partial charge in [0.2, 0.25) is 0 Å². The van der Waals surface area contributed by atoms with E-state index < -0.39 is 11.5 Å². The van der Waals surface area contributed by atoms with Gasteiger partial charge in [-0.2, -0.15) is 0 Å². The highest BCUT2D eigenvalue weighted by Crippen LogP contribution is 2.33. The third-order valence-corrected chi connectivity index (χ3v) is 4.15. The van der Waals surface area contributed by atoms with E-state index in [2.05, 4.69) is 21.2 Å². The number of anilines is 1. The van der Waals surface area contributed by atoms with E-state index in [1.807, 2.05) is 31.2 Å². The number of benzene rings is 2. The second kappa shape index (κ2) is 6.08. The van der Waals surface area contributed by atoms with Gasteiger partial charge < -0.3 is 10.4 Å². The van der Waals surface area contributed by atoms with Gasteiger partial charge in [-0.05, 0) is 38.1 Å². The first-order chi connectivity index (χ1) is 9.83. The lowest BCUT2D eigenvalue weighted by Gasteiger charge is -2.29. The molecule has 2 N–H and O–H groups in total. The normalized spacial score (nSPS) is 13.5. The summed E-state index contributed by atoms with van der Waals surface area (Å²) in [7, 11) is 0. The molecule has 21 heavy (non-hydrogen) atoms. The minimum absolute atomic E-state index is 0.397. The summed E-state index contributed by atoms with van der Waals surface area (Å²) in [6.07, 6.45) is 0. The molecule has 0 saturated carbocycles. The fourth-order valence-electron chi connectivity index (χ4n) is 2.06. The maximum Gasteiger partial charge on any atom is 0.333 e. The number of carboxylic acids is 1. The van der Waals surface area contributed by atoms with Crippen molar-refractivity contribution in [2.75, 3.05) is 5.32 Å². The summed E-state index contributed by atoms with van der Waals surface area (Å²) in [4.78, 5) is 11.8. The van der Waals surface area contributed by atoms with Crippen LogP contribution in [-0.4, -0.2) is 11.1 Å². The van der Waals surface area contributed by atoms with Crippen LogP contribution in [-0.2, 0) is 10.3 Å². The molecule has 0 spiro atoms. The van der Waals surface area contributed by atoms with E-state index in [4.69, 9.17) is 11.6 Å². The van der Waals surface area contributed by atoms with Crippen molar-refractivity contribution < 1.29 is 9.90 Å². The number of nitrogens with one attached hydrogen (secondary N) is 1. The van der Waals surface area contributed by atoms with Gasteiger partial charge in [0.1, 0.15) is 0 Å². The van der Waals surface area contributed by atoms with Crippen molar-refractivity contribution in [3.05, 3.63) is 63.1 Å². The Morgan fingerprint density at radius 3 is 2.38 bits per heavy atom. The Hall–Kier alpha value is -1.52. The fraction of sp³-hybridized carbons (Fsp3) is 0.188. The zero-order valence-electron chi connectivity index (χ0n) is 11.7. The van der Waals surface area contributed by atoms with Crippen LogP contribution in [0.3, 0.4) is 0 Å². The number of halogens is 2. The topological polar surface area (TPSA) is 49.3 Å². The van der Waals surface area contributed by atoms with Crippen LogP contribution in [0, 0.1) is 6.92 Å². The van der Waals surface area contributed by atoms with E-state index in [0.29, 0.717) is 10.6 Å². The SMILES string of the molecule is Cc1ccc(NC(C)(C(=O)O)c2ccc(Br)cc2Cl)cc1. The highest BCUT2D eigenvalue weighted by molar-refractivity contribution is 9.10. The minimum atomic E-state index is -1.31. The van der Waals surface area contributed by atoms with Gasteiger partial charge in [-0.15, -0.1) is 0 Å². The Morgan fingerprint density at radius 2 is 1.86 bits per heavy atom. The van der Waals surface area contributed by atoms with E-state index in [9.17, 15) is 9.90 Å². The molecule has 0 radical (unpaired) electrons. The van der Waals surface area contributed by atoms with Crippen LogP contribution in [0.15, 0.2) is 46.9 Å². The van der Waals surface area contributed by atoms with Crippen LogP contribution in [0.4, 0.5) is 5.69 Å². The van der Waals surface area contributed by atoms with E-state index in [1.54, 1.807) is 25.1 Å². The molecule has 0 aliphatic heterocycles. The van der Waals surface area contributed by atoms with E-state index >= 15 is 0 Å². The molecule has 0 fully saturated rings. The van der Waals surface area contributed by atoms with Crippen molar-refractivity contribution in [2.24, 2.45) is 0 Å². The standard InChI is InChI=1S/C16H15BrClNO2/c1-10-3-6-12(7-4-10)19-16(2,15(20)21)13-8-5-11(17)9-14(13)18/h3-9,19H,1-2H3,(H,20,21). The largest absolute Gasteiger partial charge is 0.479 e. The van der Waals surface area contributed by atoms with Crippen LogP contribution >= 0.6 is 27.5 Å². The molecule has 0 aliphatic carbocycles. The van der Waals surface area contributed by atoms with Gasteiger partial charge in [-0.1, -0.05) is 51.3 Å². The summed E-state index contributed by atoms with van der Waals surface area (Å²) in [5.74, 6) is -0.993. The number of hydrogen-bond donors (Lipinski definition) is 2. The summed E-state index contributed by atoms with van der Waals surface area (Å²) in [6, 6.07) is 12.7. The van der Waals surface area contributed by atoms with Crippen molar-refractivity contribution in [2.45, 2.75) is 19.4 Å². The van der Waals surface area contributed by atoms with E-state index in [-0.39, 0.29) is 0 Å². The van der Waals surface area contributed by atoms with Gasteiger partial charge >= 0.3 is 5.97 Å². The van der Waals surface area contributed by atoms with Crippen molar-refractivity contribution in [1.82, 2.24) is 0 Å². The summed E-state index contributed by atoms with van der Waals surface area (Å²) >= 11 is 9.54. The fourth-order valence-corrected chi connectivity index (χ4v) is 2.92. The Balaban J connectivity index is 2.45. The molecule has 3 nitrogen and oxygen atoms in total. The first-order valence-electron chi connectivity index (χ1n) is 6.37. The van der Waals surface area contributed by atoms with Crippen LogP contribution in [0.1, 0.15) is 18.1 Å². The Labute approximate surface area is 137 Å². The third kappa shape index (κ3) is 3.39. The van der Waals surface area contributed by atoms with Crippen LogP contribution < -0.4 is 5.32 Å². The molecule has 1 atom stereocenters. The third-order valence-electron chi connectivity index (χ3n) is 3.34. The maximum atomic E-state index is 11.8. The van der Waals surface area contributed by atoms with Crippen LogP contribution in [0.2, 0.25) is 5.02 Å². The second-order valence-electron chi connectivity index (χ2n) is 5.05. The predicted molar refractivity (Wildman–Crippen MR) is 88.9 cm³/mol. The van der Waals surface area contributed by atoms with Gasteiger partial charge in [0, 0.05) is 20.7 Å². The first-order valence-corrected chi connectivity index (χ1v) is 7.54. The number of hydrogen-bond acceptors (Lipinski definition) is 2. The molecular weight excluding hydrogens is 354 g/mol. The average Bonchev–Trinajstić information content (AvgIpc) is 2.41. The molecule has 0 aromatic heterocycles. The molecular formula is C16H15BrClNO2. The summed E-state index contributed by atoms with van der Waals surface area (Å²) in [6.45, 7) is 3.58. The molecule has 0 heterocycles. The molecule has 110 valence electrons. The quantitative estimate of drug-likeness (QED) is 0.813. The molecule has 0 bridgehead atoms. The molecule has 1 unspecified atom stereocenters. The summed E-state index contributed by atoms with van der Waals surface area (Å²) in [5.41, 5.74) is 1.04. The zero-order valence-corrected chi connectivity index (χ0v) is 14.0. The zero-order chi connectivity index (χ0) is 15.6. The molecule has 5 heteroatoms. The molecule has 0 aliphatic rings. The maximum absolute atomic E-state index is 11.8. The lowest BCUT2D eigenvalue weighted by atomic mass is 9.91. The van der Waals surface area contributed by atoms with E-state index in [0.717, 1.165) is 15.7 Å².